The lowest BCUT2D eigenvalue weighted by Crippen LogP contribution is -1.92. The van der Waals surface area contributed by atoms with Crippen molar-refractivity contribution >= 4 is 50.8 Å². The standard InChI is InChI=1S/C10H8ClIN2/c1-5-7(12)3-2-6-9(11)8(13)4-14-10(5)6/h2-4H,13H2,1H3. The molecule has 1 aromatic heterocycles. The summed E-state index contributed by atoms with van der Waals surface area (Å²) in [7, 11) is 0. The molecule has 0 saturated carbocycles. The number of nitrogen functional groups attached to an aromatic ring is 1. The molecule has 0 radical (unpaired) electrons. The van der Waals surface area contributed by atoms with Gasteiger partial charge in [-0.05, 0) is 41.1 Å². The molecule has 0 amide bonds. The normalized spacial score (nSPS) is 10.8. The van der Waals surface area contributed by atoms with Gasteiger partial charge >= 0.3 is 0 Å². The van der Waals surface area contributed by atoms with E-state index >= 15 is 0 Å². The van der Waals surface area contributed by atoms with Crippen molar-refractivity contribution in [2.24, 2.45) is 0 Å². The molecule has 0 aliphatic carbocycles. The minimum absolute atomic E-state index is 0.528. The van der Waals surface area contributed by atoms with Gasteiger partial charge in [0.1, 0.15) is 0 Å². The molecule has 0 bridgehead atoms. The van der Waals surface area contributed by atoms with Crippen molar-refractivity contribution in [2.75, 3.05) is 5.73 Å². The summed E-state index contributed by atoms with van der Waals surface area (Å²) < 4.78 is 1.18. The van der Waals surface area contributed by atoms with Crippen LogP contribution >= 0.6 is 34.2 Å². The molecular formula is C10H8ClIN2. The third-order valence-electron chi connectivity index (χ3n) is 2.19. The van der Waals surface area contributed by atoms with Crippen molar-refractivity contribution in [3.63, 3.8) is 0 Å². The first kappa shape index (κ1) is 9.98. The summed E-state index contributed by atoms with van der Waals surface area (Å²) in [6.07, 6.45) is 1.60. The molecule has 0 saturated heterocycles. The molecule has 2 rings (SSSR count). The first-order valence-electron chi connectivity index (χ1n) is 4.10. The van der Waals surface area contributed by atoms with Gasteiger partial charge in [0.15, 0.2) is 0 Å². The van der Waals surface area contributed by atoms with Crippen LogP contribution in [0.2, 0.25) is 5.02 Å². The zero-order valence-corrected chi connectivity index (χ0v) is 10.4. The van der Waals surface area contributed by atoms with E-state index < -0.39 is 0 Å². The molecule has 4 heteroatoms. The Morgan fingerprint density at radius 2 is 2.14 bits per heavy atom. The monoisotopic (exact) mass is 318 g/mol. The first-order chi connectivity index (χ1) is 6.61. The van der Waals surface area contributed by atoms with Gasteiger partial charge in [0, 0.05) is 8.96 Å². The maximum Gasteiger partial charge on any atom is 0.0758 e. The van der Waals surface area contributed by atoms with E-state index in [0.29, 0.717) is 10.7 Å². The Morgan fingerprint density at radius 3 is 2.86 bits per heavy atom. The highest BCUT2D eigenvalue weighted by molar-refractivity contribution is 14.1. The van der Waals surface area contributed by atoms with Crippen molar-refractivity contribution in [1.29, 1.82) is 0 Å². The molecule has 72 valence electrons. The number of halogens is 2. The fourth-order valence-electron chi connectivity index (χ4n) is 1.37. The van der Waals surface area contributed by atoms with Crippen molar-refractivity contribution < 1.29 is 0 Å². The van der Waals surface area contributed by atoms with Crippen LogP contribution < -0.4 is 5.73 Å². The minimum Gasteiger partial charge on any atom is -0.396 e. The quantitative estimate of drug-likeness (QED) is 0.756. The lowest BCUT2D eigenvalue weighted by atomic mass is 10.1. The van der Waals surface area contributed by atoms with E-state index in [2.05, 4.69) is 27.6 Å². The van der Waals surface area contributed by atoms with E-state index in [0.717, 1.165) is 16.5 Å². The Balaban J connectivity index is 2.94. The zero-order valence-electron chi connectivity index (χ0n) is 7.51. The largest absolute Gasteiger partial charge is 0.396 e. The Morgan fingerprint density at radius 1 is 1.43 bits per heavy atom. The lowest BCUT2D eigenvalue weighted by molar-refractivity contribution is 1.35. The molecule has 0 spiro atoms. The summed E-state index contributed by atoms with van der Waals surface area (Å²) in [6, 6.07) is 3.97. The molecule has 2 nitrogen and oxygen atoms in total. The maximum absolute atomic E-state index is 6.08. The minimum atomic E-state index is 0.528. The smallest absolute Gasteiger partial charge is 0.0758 e. The van der Waals surface area contributed by atoms with Crippen LogP contribution in [0.3, 0.4) is 0 Å². The molecule has 1 aromatic carbocycles. The number of nitrogens with zero attached hydrogens (tertiary/aromatic N) is 1. The lowest BCUT2D eigenvalue weighted by Gasteiger charge is -2.06. The Labute approximate surface area is 101 Å². The Kier molecular flexibility index (Phi) is 2.53. The third-order valence-corrected chi connectivity index (χ3v) is 3.78. The zero-order chi connectivity index (χ0) is 10.3. The summed E-state index contributed by atoms with van der Waals surface area (Å²) in [5, 5.41) is 1.51. The van der Waals surface area contributed by atoms with Crippen LogP contribution in [0, 0.1) is 10.5 Å². The average Bonchev–Trinajstić information content (AvgIpc) is 2.17. The van der Waals surface area contributed by atoms with Crippen LogP contribution in [0.1, 0.15) is 5.56 Å². The van der Waals surface area contributed by atoms with Gasteiger partial charge in [-0.1, -0.05) is 17.7 Å². The number of aryl methyl sites for hydroxylation is 1. The molecule has 1 heterocycles. The van der Waals surface area contributed by atoms with Crippen LogP contribution in [-0.2, 0) is 0 Å². The summed E-state index contributed by atoms with van der Waals surface area (Å²) in [4.78, 5) is 4.29. The molecule has 0 atom stereocenters. The number of rotatable bonds is 0. The molecule has 0 fully saturated rings. The summed E-state index contributed by atoms with van der Waals surface area (Å²) in [6.45, 7) is 2.03. The number of hydrogen-bond acceptors (Lipinski definition) is 2. The fourth-order valence-corrected chi connectivity index (χ4v) is 2.00. The second-order valence-corrected chi connectivity index (χ2v) is 4.64. The molecular weight excluding hydrogens is 310 g/mol. The summed E-state index contributed by atoms with van der Waals surface area (Å²) >= 11 is 8.36. The van der Waals surface area contributed by atoms with E-state index in [1.165, 1.54) is 3.57 Å². The van der Waals surface area contributed by atoms with Crippen molar-refractivity contribution in [1.82, 2.24) is 4.98 Å². The molecule has 2 aromatic rings. The topological polar surface area (TPSA) is 38.9 Å². The fraction of sp³-hybridized carbons (Fsp3) is 0.100. The van der Waals surface area contributed by atoms with Crippen LogP contribution in [0.4, 0.5) is 5.69 Å². The molecule has 0 aliphatic rings. The third kappa shape index (κ3) is 1.44. The van der Waals surface area contributed by atoms with Gasteiger partial charge in [0.2, 0.25) is 0 Å². The maximum atomic E-state index is 6.08. The number of anilines is 1. The summed E-state index contributed by atoms with van der Waals surface area (Å²) in [5.74, 6) is 0. The van der Waals surface area contributed by atoms with Gasteiger partial charge in [-0.15, -0.1) is 0 Å². The van der Waals surface area contributed by atoms with Gasteiger partial charge in [-0.25, -0.2) is 0 Å². The number of aromatic nitrogens is 1. The number of hydrogen-bond donors (Lipinski definition) is 1. The van der Waals surface area contributed by atoms with Crippen molar-refractivity contribution in [3.05, 3.63) is 32.5 Å². The molecule has 2 N–H and O–H groups in total. The number of nitrogens with two attached hydrogens (primary N) is 1. The summed E-state index contributed by atoms with van der Waals surface area (Å²) in [5.41, 5.74) is 8.28. The highest BCUT2D eigenvalue weighted by Crippen LogP contribution is 2.30. The Bertz CT molecular complexity index is 464. The number of pyridine rings is 1. The predicted octanol–water partition coefficient (Wildman–Crippen LogP) is 3.38. The SMILES string of the molecule is Cc1c(I)ccc2c(Cl)c(N)cnc12. The van der Waals surface area contributed by atoms with Gasteiger partial charge < -0.3 is 5.73 Å². The van der Waals surface area contributed by atoms with Crippen LogP contribution in [0.25, 0.3) is 10.9 Å². The van der Waals surface area contributed by atoms with E-state index in [9.17, 15) is 0 Å². The van der Waals surface area contributed by atoms with Gasteiger partial charge in [0.05, 0.1) is 22.4 Å². The van der Waals surface area contributed by atoms with E-state index in [4.69, 9.17) is 17.3 Å². The van der Waals surface area contributed by atoms with Crippen molar-refractivity contribution in [2.45, 2.75) is 6.92 Å². The Hall–Kier alpha value is -0.550. The van der Waals surface area contributed by atoms with Gasteiger partial charge in [0.25, 0.3) is 0 Å². The molecule has 0 aliphatic heterocycles. The van der Waals surface area contributed by atoms with E-state index in [1.54, 1.807) is 6.20 Å². The molecule has 0 unspecified atom stereocenters. The predicted molar refractivity (Wildman–Crippen MR) is 68.6 cm³/mol. The highest BCUT2D eigenvalue weighted by atomic mass is 127. The van der Waals surface area contributed by atoms with E-state index in [-0.39, 0.29) is 0 Å². The van der Waals surface area contributed by atoms with Gasteiger partial charge in [-0.3, -0.25) is 4.98 Å². The van der Waals surface area contributed by atoms with Crippen molar-refractivity contribution in [3.8, 4) is 0 Å². The van der Waals surface area contributed by atoms with Crippen LogP contribution in [0.15, 0.2) is 18.3 Å². The average molecular weight is 319 g/mol. The number of benzene rings is 1. The highest BCUT2D eigenvalue weighted by Gasteiger charge is 2.07. The van der Waals surface area contributed by atoms with E-state index in [1.807, 2.05) is 19.1 Å². The van der Waals surface area contributed by atoms with Gasteiger partial charge in [-0.2, -0.15) is 0 Å². The number of fused-ring (bicyclic) bond motifs is 1. The second kappa shape index (κ2) is 3.55. The molecule has 14 heavy (non-hydrogen) atoms. The van der Waals surface area contributed by atoms with Crippen LogP contribution in [0.5, 0.6) is 0 Å². The first-order valence-corrected chi connectivity index (χ1v) is 5.55. The second-order valence-electron chi connectivity index (χ2n) is 3.10. The van der Waals surface area contributed by atoms with Crippen LogP contribution in [-0.4, -0.2) is 4.98 Å².